The first-order valence-electron chi connectivity index (χ1n) is 11.4. The van der Waals surface area contributed by atoms with Crippen LogP contribution in [-0.2, 0) is 11.8 Å². The van der Waals surface area contributed by atoms with Crippen LogP contribution in [0.25, 0.3) is 33.4 Å². The molecule has 0 N–H and O–H groups in total. The van der Waals surface area contributed by atoms with E-state index < -0.39 is 0 Å². The molecule has 2 aromatic carbocycles. The number of rotatable bonds is 4. The van der Waals surface area contributed by atoms with Gasteiger partial charge in [0.1, 0.15) is 5.82 Å². The summed E-state index contributed by atoms with van der Waals surface area (Å²) in [7, 11) is 1.99. The smallest absolute Gasteiger partial charge is 0.123 e. The number of hydrogen-bond donors (Lipinski definition) is 0. The molecule has 0 unspecified atom stereocenters. The Balaban J connectivity index is 1.31. The fourth-order valence-electron chi connectivity index (χ4n) is 4.81. The first kappa shape index (κ1) is 20.3. The van der Waals surface area contributed by atoms with E-state index in [0.717, 1.165) is 78.5 Å². The van der Waals surface area contributed by atoms with Crippen molar-refractivity contribution in [1.82, 2.24) is 19.4 Å². The average molecular weight is 444 g/mol. The van der Waals surface area contributed by atoms with Gasteiger partial charge in [-0.1, -0.05) is 6.07 Å². The summed E-state index contributed by atoms with van der Waals surface area (Å²) in [6.07, 6.45) is 3.79. The maximum absolute atomic E-state index is 13.4. The molecule has 2 aliphatic rings. The largest absolute Gasteiger partial charge is 0.378 e. The minimum absolute atomic E-state index is 0.248. The number of piperazine rings is 1. The molecule has 0 amide bonds. The van der Waals surface area contributed by atoms with E-state index in [1.54, 1.807) is 18.5 Å². The number of fused-ring (bicyclic) bond motifs is 1. The van der Waals surface area contributed by atoms with Crippen LogP contribution in [-0.4, -0.2) is 64.9 Å². The van der Waals surface area contributed by atoms with Gasteiger partial charge in [0.05, 0.1) is 54.4 Å². The van der Waals surface area contributed by atoms with Crippen molar-refractivity contribution >= 4 is 16.6 Å². The number of imidazole rings is 1. The summed E-state index contributed by atoms with van der Waals surface area (Å²) in [5, 5.41) is 1.10. The Labute approximate surface area is 192 Å². The van der Waals surface area contributed by atoms with E-state index in [0.29, 0.717) is 6.04 Å². The second kappa shape index (κ2) is 8.24. The molecule has 33 heavy (non-hydrogen) atoms. The minimum Gasteiger partial charge on any atom is -0.378 e. The zero-order valence-corrected chi connectivity index (χ0v) is 18.6. The highest BCUT2D eigenvalue weighted by molar-refractivity contribution is 5.89. The fourth-order valence-corrected chi connectivity index (χ4v) is 4.81. The Bertz CT molecular complexity index is 1290. The molecule has 2 saturated heterocycles. The maximum Gasteiger partial charge on any atom is 0.123 e. The lowest BCUT2D eigenvalue weighted by Gasteiger charge is -2.43. The monoisotopic (exact) mass is 443 g/mol. The van der Waals surface area contributed by atoms with Crippen molar-refractivity contribution in [3.63, 3.8) is 0 Å². The molecule has 4 heterocycles. The van der Waals surface area contributed by atoms with Crippen LogP contribution in [0.2, 0.25) is 0 Å². The van der Waals surface area contributed by atoms with Gasteiger partial charge < -0.3 is 14.2 Å². The molecule has 0 saturated carbocycles. The van der Waals surface area contributed by atoms with E-state index >= 15 is 0 Å². The number of halogens is 1. The Kier molecular flexibility index (Phi) is 5.08. The molecule has 6 rings (SSSR count). The van der Waals surface area contributed by atoms with Gasteiger partial charge in [-0.3, -0.25) is 9.88 Å². The number of aryl methyl sites for hydroxylation is 1. The predicted octanol–water partition coefficient (Wildman–Crippen LogP) is 3.96. The standard InChI is InChI=1S/C26H26FN5O/c1-30-17-29-25(18-2-5-21(27)6-3-18)26(30)19-4-7-24-20(12-19)13-22(14-28-24)31-8-10-32(11-9-31)23-15-33-16-23/h2-7,12-14,17,23H,8-11,15-16H2,1H3. The van der Waals surface area contributed by atoms with Crippen LogP contribution in [0, 0.1) is 5.82 Å². The van der Waals surface area contributed by atoms with E-state index in [1.807, 2.05) is 17.8 Å². The van der Waals surface area contributed by atoms with Crippen LogP contribution in [0.3, 0.4) is 0 Å². The van der Waals surface area contributed by atoms with Gasteiger partial charge in [-0.2, -0.15) is 0 Å². The van der Waals surface area contributed by atoms with E-state index in [1.165, 1.54) is 12.1 Å². The normalized spacial score (nSPS) is 17.5. The van der Waals surface area contributed by atoms with Crippen molar-refractivity contribution in [3.8, 4) is 22.5 Å². The van der Waals surface area contributed by atoms with E-state index in [-0.39, 0.29) is 5.82 Å². The van der Waals surface area contributed by atoms with Gasteiger partial charge in [0, 0.05) is 49.7 Å². The van der Waals surface area contributed by atoms with Crippen molar-refractivity contribution in [2.45, 2.75) is 6.04 Å². The summed E-state index contributed by atoms with van der Waals surface area (Å²) in [5.41, 5.74) is 5.94. The number of anilines is 1. The van der Waals surface area contributed by atoms with Gasteiger partial charge >= 0.3 is 0 Å². The van der Waals surface area contributed by atoms with Crippen molar-refractivity contribution < 1.29 is 9.13 Å². The van der Waals surface area contributed by atoms with Crippen molar-refractivity contribution in [3.05, 3.63) is 66.9 Å². The predicted molar refractivity (Wildman–Crippen MR) is 128 cm³/mol. The lowest BCUT2D eigenvalue weighted by atomic mass is 10.0. The zero-order chi connectivity index (χ0) is 22.4. The lowest BCUT2D eigenvalue weighted by Crippen LogP contribution is -2.56. The van der Waals surface area contributed by atoms with Crippen LogP contribution >= 0.6 is 0 Å². The quantitative estimate of drug-likeness (QED) is 0.478. The first-order chi connectivity index (χ1) is 16.2. The average Bonchev–Trinajstić information content (AvgIpc) is 3.19. The number of ether oxygens (including phenoxy) is 1. The molecule has 0 spiro atoms. The van der Waals surface area contributed by atoms with Gasteiger partial charge in [-0.25, -0.2) is 9.37 Å². The van der Waals surface area contributed by atoms with Gasteiger partial charge in [0.15, 0.2) is 0 Å². The number of benzene rings is 2. The molecule has 6 nitrogen and oxygen atoms in total. The molecule has 7 heteroatoms. The molecule has 0 aliphatic carbocycles. The van der Waals surface area contributed by atoms with Crippen molar-refractivity contribution in [2.24, 2.45) is 7.05 Å². The van der Waals surface area contributed by atoms with Gasteiger partial charge in [-0.05, 0) is 42.5 Å². The molecule has 2 aliphatic heterocycles. The topological polar surface area (TPSA) is 46.4 Å². The van der Waals surface area contributed by atoms with Gasteiger partial charge in [-0.15, -0.1) is 0 Å². The van der Waals surface area contributed by atoms with E-state index in [2.05, 4.69) is 39.0 Å². The highest BCUT2D eigenvalue weighted by Crippen LogP contribution is 2.33. The van der Waals surface area contributed by atoms with E-state index in [9.17, 15) is 4.39 Å². The highest BCUT2D eigenvalue weighted by Gasteiger charge is 2.29. The Morgan fingerprint density at radius 2 is 1.67 bits per heavy atom. The van der Waals surface area contributed by atoms with Gasteiger partial charge in [0.25, 0.3) is 0 Å². The van der Waals surface area contributed by atoms with Crippen LogP contribution < -0.4 is 4.90 Å². The molecule has 168 valence electrons. The minimum atomic E-state index is -0.248. The number of pyridine rings is 1. The Hall–Kier alpha value is -3.29. The lowest BCUT2D eigenvalue weighted by molar-refractivity contribution is -0.0660. The van der Waals surface area contributed by atoms with E-state index in [4.69, 9.17) is 9.72 Å². The van der Waals surface area contributed by atoms with Gasteiger partial charge in [0.2, 0.25) is 0 Å². The first-order valence-corrected chi connectivity index (χ1v) is 11.4. The second-order valence-corrected chi connectivity index (χ2v) is 8.87. The molecule has 4 aromatic rings. The molecule has 0 bridgehead atoms. The summed E-state index contributed by atoms with van der Waals surface area (Å²) in [5.74, 6) is -0.248. The van der Waals surface area contributed by atoms with Crippen LogP contribution in [0.1, 0.15) is 0 Å². The zero-order valence-electron chi connectivity index (χ0n) is 18.6. The number of nitrogens with zero attached hydrogens (tertiary/aromatic N) is 5. The molecule has 2 fully saturated rings. The van der Waals surface area contributed by atoms with Crippen molar-refractivity contribution in [1.29, 1.82) is 0 Å². The molecule has 2 aromatic heterocycles. The highest BCUT2D eigenvalue weighted by atomic mass is 19.1. The van der Waals surface area contributed by atoms with Crippen LogP contribution in [0.15, 0.2) is 61.1 Å². The maximum atomic E-state index is 13.4. The summed E-state index contributed by atoms with van der Waals surface area (Å²) in [6, 6.07) is 15.7. The Morgan fingerprint density at radius 3 is 2.39 bits per heavy atom. The third-order valence-corrected chi connectivity index (χ3v) is 6.81. The molecule has 0 radical (unpaired) electrons. The second-order valence-electron chi connectivity index (χ2n) is 8.87. The Morgan fingerprint density at radius 1 is 0.909 bits per heavy atom. The third kappa shape index (κ3) is 3.77. The van der Waals surface area contributed by atoms with Crippen molar-refractivity contribution in [2.75, 3.05) is 44.3 Å². The van der Waals surface area contributed by atoms with Crippen LogP contribution in [0.5, 0.6) is 0 Å². The van der Waals surface area contributed by atoms with Crippen LogP contribution in [0.4, 0.5) is 10.1 Å². The summed E-state index contributed by atoms with van der Waals surface area (Å²) in [4.78, 5) is 14.3. The summed E-state index contributed by atoms with van der Waals surface area (Å²) >= 11 is 0. The molecular weight excluding hydrogens is 417 g/mol. The fraction of sp³-hybridized carbons (Fsp3) is 0.308. The SMILES string of the molecule is Cn1cnc(-c2ccc(F)cc2)c1-c1ccc2ncc(N3CCN(C4COC4)CC3)cc2c1. The third-order valence-electron chi connectivity index (χ3n) is 6.81. The molecular formula is C26H26FN5O. The summed E-state index contributed by atoms with van der Waals surface area (Å²) in [6.45, 7) is 5.85. The number of hydrogen-bond acceptors (Lipinski definition) is 5. The molecule has 0 atom stereocenters. The number of aromatic nitrogens is 3. The summed E-state index contributed by atoms with van der Waals surface area (Å²) < 4.78 is 20.8.